The number of hydrogen-bond donors (Lipinski definition) is 1. The predicted octanol–water partition coefficient (Wildman–Crippen LogP) is 0.810. The lowest BCUT2D eigenvalue weighted by Crippen LogP contribution is -2.18. The van der Waals surface area contributed by atoms with Gasteiger partial charge in [-0.2, -0.15) is 0 Å². The van der Waals surface area contributed by atoms with Gasteiger partial charge in [-0.1, -0.05) is 13.3 Å². The van der Waals surface area contributed by atoms with Gasteiger partial charge in [0.2, 0.25) is 0 Å². The van der Waals surface area contributed by atoms with Crippen LogP contribution in [0.3, 0.4) is 0 Å². The van der Waals surface area contributed by atoms with Crippen LogP contribution >= 0.6 is 0 Å². The van der Waals surface area contributed by atoms with Crippen LogP contribution in [-0.2, 0) is 9.47 Å². The Morgan fingerprint density at radius 2 is 2.18 bits per heavy atom. The molecule has 0 fully saturated rings. The average molecular weight is 162 g/mol. The molecule has 0 spiro atoms. The van der Waals surface area contributed by atoms with Crippen LogP contribution < -0.4 is 0 Å². The van der Waals surface area contributed by atoms with Crippen molar-refractivity contribution in [1.82, 2.24) is 0 Å². The molecule has 0 aliphatic carbocycles. The van der Waals surface area contributed by atoms with E-state index in [4.69, 9.17) is 14.6 Å². The van der Waals surface area contributed by atoms with Crippen molar-refractivity contribution in [3.63, 3.8) is 0 Å². The van der Waals surface area contributed by atoms with E-state index < -0.39 is 0 Å². The highest BCUT2D eigenvalue weighted by atomic mass is 16.5. The SMILES string of the molecule is CCCC(COCCO)OC. The summed E-state index contributed by atoms with van der Waals surface area (Å²) >= 11 is 0. The minimum atomic E-state index is 0.0859. The Balaban J connectivity index is 3.20. The standard InChI is InChI=1S/C8H18O3/c1-3-4-8(10-2)7-11-6-5-9/h8-9H,3-7H2,1-2H3. The second-order valence-electron chi connectivity index (χ2n) is 2.44. The van der Waals surface area contributed by atoms with Gasteiger partial charge in [0.15, 0.2) is 0 Å². The first-order valence-corrected chi connectivity index (χ1v) is 4.06. The van der Waals surface area contributed by atoms with Crippen LogP contribution in [0.1, 0.15) is 19.8 Å². The molecule has 0 aromatic carbocycles. The zero-order valence-electron chi connectivity index (χ0n) is 7.38. The van der Waals surface area contributed by atoms with E-state index in [1.807, 2.05) is 0 Å². The van der Waals surface area contributed by atoms with Gasteiger partial charge in [0.05, 0.1) is 25.9 Å². The first kappa shape index (κ1) is 10.9. The van der Waals surface area contributed by atoms with Crippen molar-refractivity contribution in [1.29, 1.82) is 0 Å². The predicted molar refractivity (Wildman–Crippen MR) is 43.6 cm³/mol. The molecule has 0 saturated heterocycles. The molecule has 3 heteroatoms. The van der Waals surface area contributed by atoms with Crippen molar-refractivity contribution in [2.75, 3.05) is 26.9 Å². The summed E-state index contributed by atoms with van der Waals surface area (Å²) in [5.41, 5.74) is 0. The third kappa shape index (κ3) is 6.28. The van der Waals surface area contributed by atoms with Crippen molar-refractivity contribution in [2.45, 2.75) is 25.9 Å². The van der Waals surface area contributed by atoms with Crippen LogP contribution in [-0.4, -0.2) is 38.1 Å². The van der Waals surface area contributed by atoms with Crippen LogP contribution in [0, 0.1) is 0 Å². The molecule has 0 saturated carbocycles. The van der Waals surface area contributed by atoms with Crippen LogP contribution in [0.4, 0.5) is 0 Å². The number of rotatable bonds is 7. The molecule has 11 heavy (non-hydrogen) atoms. The highest BCUT2D eigenvalue weighted by Crippen LogP contribution is 2.00. The minimum absolute atomic E-state index is 0.0859. The van der Waals surface area contributed by atoms with Gasteiger partial charge in [0, 0.05) is 7.11 Å². The van der Waals surface area contributed by atoms with Gasteiger partial charge in [-0.25, -0.2) is 0 Å². The van der Waals surface area contributed by atoms with Crippen LogP contribution in [0.5, 0.6) is 0 Å². The third-order valence-electron chi connectivity index (χ3n) is 1.48. The highest BCUT2D eigenvalue weighted by molar-refractivity contribution is 4.53. The van der Waals surface area contributed by atoms with Gasteiger partial charge >= 0.3 is 0 Å². The number of ether oxygens (including phenoxy) is 2. The molecule has 0 aliphatic rings. The molecule has 1 N–H and O–H groups in total. The summed E-state index contributed by atoms with van der Waals surface area (Å²) in [6.45, 7) is 3.19. The topological polar surface area (TPSA) is 38.7 Å². The molecular formula is C8H18O3. The van der Waals surface area contributed by atoms with Crippen LogP contribution in [0.15, 0.2) is 0 Å². The average Bonchev–Trinajstić information content (AvgIpc) is 2.03. The number of aliphatic hydroxyl groups is 1. The molecule has 1 atom stereocenters. The second kappa shape index (κ2) is 7.98. The number of methoxy groups -OCH3 is 1. The van der Waals surface area contributed by atoms with Gasteiger partial charge in [-0.15, -0.1) is 0 Å². The molecule has 0 aromatic rings. The lowest BCUT2D eigenvalue weighted by atomic mass is 10.2. The molecule has 0 amide bonds. The molecular weight excluding hydrogens is 144 g/mol. The van der Waals surface area contributed by atoms with Crippen molar-refractivity contribution in [2.24, 2.45) is 0 Å². The monoisotopic (exact) mass is 162 g/mol. The highest BCUT2D eigenvalue weighted by Gasteiger charge is 2.04. The van der Waals surface area contributed by atoms with E-state index in [1.165, 1.54) is 0 Å². The van der Waals surface area contributed by atoms with E-state index in [0.29, 0.717) is 13.2 Å². The smallest absolute Gasteiger partial charge is 0.0804 e. The maximum Gasteiger partial charge on any atom is 0.0804 e. The van der Waals surface area contributed by atoms with Gasteiger partial charge in [-0.3, -0.25) is 0 Å². The largest absolute Gasteiger partial charge is 0.394 e. The number of aliphatic hydroxyl groups excluding tert-OH is 1. The van der Waals surface area contributed by atoms with Gasteiger partial charge < -0.3 is 14.6 Å². The first-order valence-electron chi connectivity index (χ1n) is 4.06. The number of hydrogen-bond acceptors (Lipinski definition) is 3. The van der Waals surface area contributed by atoms with E-state index in [2.05, 4.69) is 6.92 Å². The van der Waals surface area contributed by atoms with Crippen molar-refractivity contribution >= 4 is 0 Å². The van der Waals surface area contributed by atoms with E-state index >= 15 is 0 Å². The zero-order chi connectivity index (χ0) is 8.53. The van der Waals surface area contributed by atoms with Gasteiger partial charge in [0.1, 0.15) is 0 Å². The van der Waals surface area contributed by atoms with Crippen molar-refractivity contribution in [3.8, 4) is 0 Å². The van der Waals surface area contributed by atoms with Crippen LogP contribution in [0.2, 0.25) is 0 Å². The summed E-state index contributed by atoms with van der Waals surface area (Å²) in [4.78, 5) is 0. The Morgan fingerprint density at radius 1 is 1.45 bits per heavy atom. The second-order valence-corrected chi connectivity index (χ2v) is 2.44. The molecule has 0 aromatic heterocycles. The fourth-order valence-corrected chi connectivity index (χ4v) is 0.871. The lowest BCUT2D eigenvalue weighted by Gasteiger charge is -2.13. The lowest BCUT2D eigenvalue weighted by molar-refractivity contribution is -0.00562. The molecule has 0 bridgehead atoms. The van der Waals surface area contributed by atoms with Crippen molar-refractivity contribution in [3.05, 3.63) is 0 Å². The maximum atomic E-state index is 8.42. The van der Waals surface area contributed by atoms with Gasteiger partial charge in [0.25, 0.3) is 0 Å². The van der Waals surface area contributed by atoms with Crippen LogP contribution in [0.25, 0.3) is 0 Å². The van der Waals surface area contributed by atoms with Gasteiger partial charge in [-0.05, 0) is 6.42 Å². The summed E-state index contributed by atoms with van der Waals surface area (Å²) in [5, 5.41) is 8.42. The molecule has 0 heterocycles. The fraction of sp³-hybridized carbons (Fsp3) is 1.00. The van der Waals surface area contributed by atoms with E-state index in [9.17, 15) is 0 Å². The fourth-order valence-electron chi connectivity index (χ4n) is 0.871. The third-order valence-corrected chi connectivity index (χ3v) is 1.48. The molecule has 0 rings (SSSR count). The van der Waals surface area contributed by atoms with E-state index in [0.717, 1.165) is 12.8 Å². The first-order chi connectivity index (χ1) is 5.35. The molecule has 0 aliphatic heterocycles. The summed E-state index contributed by atoms with van der Waals surface area (Å²) in [6.07, 6.45) is 2.30. The van der Waals surface area contributed by atoms with E-state index in [1.54, 1.807) is 7.11 Å². The van der Waals surface area contributed by atoms with E-state index in [-0.39, 0.29) is 12.7 Å². The molecule has 68 valence electrons. The van der Waals surface area contributed by atoms with Crippen molar-refractivity contribution < 1.29 is 14.6 Å². The minimum Gasteiger partial charge on any atom is -0.394 e. The Bertz CT molecular complexity index is 75.7. The maximum absolute atomic E-state index is 8.42. The molecule has 0 radical (unpaired) electrons. The summed E-state index contributed by atoms with van der Waals surface area (Å²) in [6, 6.07) is 0. The quantitative estimate of drug-likeness (QED) is 0.563. The Labute approximate surface area is 68.3 Å². The summed E-state index contributed by atoms with van der Waals surface area (Å²) < 4.78 is 10.2. The summed E-state index contributed by atoms with van der Waals surface area (Å²) in [7, 11) is 1.68. The normalized spacial score (nSPS) is 13.4. The Kier molecular flexibility index (Phi) is 7.89. The molecule has 1 unspecified atom stereocenters. The summed E-state index contributed by atoms with van der Waals surface area (Å²) in [5.74, 6) is 0. The Hall–Kier alpha value is -0.120. The Morgan fingerprint density at radius 3 is 2.64 bits per heavy atom. The zero-order valence-corrected chi connectivity index (χ0v) is 7.38. The molecule has 3 nitrogen and oxygen atoms in total.